The van der Waals surface area contributed by atoms with Crippen molar-refractivity contribution in [3.05, 3.63) is 18.2 Å². The Kier molecular flexibility index (Phi) is 4.75. The fourth-order valence-corrected chi connectivity index (χ4v) is 3.09. The second kappa shape index (κ2) is 6.21. The fraction of sp³-hybridized carbons (Fsp3) is 0.571. The summed E-state index contributed by atoms with van der Waals surface area (Å²) in [6.45, 7) is 3.47. The number of ether oxygens (including phenoxy) is 1. The van der Waals surface area contributed by atoms with Gasteiger partial charge in [-0.3, -0.25) is 0 Å². The van der Waals surface area contributed by atoms with Gasteiger partial charge in [0.15, 0.2) is 0 Å². The Bertz CT molecular complexity index is 599. The number of nitrogens with two attached hydrogens (primary N) is 2. The van der Waals surface area contributed by atoms with E-state index in [2.05, 4.69) is 11.8 Å². The Labute approximate surface area is 126 Å². The molecule has 1 saturated carbocycles. The van der Waals surface area contributed by atoms with E-state index in [0.29, 0.717) is 30.8 Å². The van der Waals surface area contributed by atoms with E-state index in [4.69, 9.17) is 15.6 Å². The van der Waals surface area contributed by atoms with Crippen LogP contribution in [0.1, 0.15) is 19.8 Å². The number of nitrogens with zero attached hydrogens (tertiary/aromatic N) is 1. The van der Waals surface area contributed by atoms with E-state index < -0.39 is 10.0 Å². The lowest BCUT2D eigenvalue weighted by molar-refractivity contribution is 0.203. The van der Waals surface area contributed by atoms with Crippen LogP contribution in [0, 0.1) is 5.92 Å². The molecule has 1 fully saturated rings. The second-order valence-electron chi connectivity index (χ2n) is 5.53. The molecule has 0 aromatic heterocycles. The molecule has 21 heavy (non-hydrogen) atoms. The molecule has 1 aliphatic rings. The van der Waals surface area contributed by atoms with Gasteiger partial charge in [-0.1, -0.05) is 0 Å². The molecule has 1 atom stereocenters. The molecule has 1 aliphatic carbocycles. The molecule has 0 aliphatic heterocycles. The van der Waals surface area contributed by atoms with Crippen molar-refractivity contribution in [1.82, 2.24) is 0 Å². The first-order chi connectivity index (χ1) is 9.84. The van der Waals surface area contributed by atoms with E-state index in [9.17, 15) is 8.42 Å². The summed E-state index contributed by atoms with van der Waals surface area (Å²) < 4.78 is 27.9. The largest absolute Gasteiger partial charge is 0.397 e. The maximum Gasteiger partial charge on any atom is 0.238 e. The number of hydrogen-bond acceptors (Lipinski definition) is 5. The third-order valence-corrected chi connectivity index (χ3v) is 4.88. The topological polar surface area (TPSA) is 98.6 Å². The van der Waals surface area contributed by atoms with Crippen molar-refractivity contribution in [2.45, 2.75) is 30.7 Å². The van der Waals surface area contributed by atoms with Crippen molar-refractivity contribution in [1.29, 1.82) is 0 Å². The lowest BCUT2D eigenvalue weighted by atomic mass is 10.1. The smallest absolute Gasteiger partial charge is 0.238 e. The van der Waals surface area contributed by atoms with Gasteiger partial charge in [-0.05, 0) is 43.9 Å². The molecule has 1 unspecified atom stereocenters. The number of primary sulfonamides is 1. The Balaban J connectivity index is 2.30. The van der Waals surface area contributed by atoms with Crippen LogP contribution in [0.25, 0.3) is 0 Å². The van der Waals surface area contributed by atoms with Gasteiger partial charge in [0, 0.05) is 19.7 Å². The molecule has 7 heteroatoms. The van der Waals surface area contributed by atoms with Gasteiger partial charge in [-0.15, -0.1) is 0 Å². The molecule has 0 bridgehead atoms. The summed E-state index contributed by atoms with van der Waals surface area (Å²) >= 11 is 0. The summed E-state index contributed by atoms with van der Waals surface area (Å²) in [6.07, 6.45) is 2.44. The van der Waals surface area contributed by atoms with Gasteiger partial charge in [-0.2, -0.15) is 0 Å². The average Bonchev–Trinajstić information content (AvgIpc) is 3.23. The van der Waals surface area contributed by atoms with Crippen molar-refractivity contribution >= 4 is 21.4 Å². The van der Waals surface area contributed by atoms with Gasteiger partial charge in [0.2, 0.25) is 10.0 Å². The minimum absolute atomic E-state index is 0.0366. The molecule has 1 aromatic rings. The Hall–Kier alpha value is -1.31. The van der Waals surface area contributed by atoms with Gasteiger partial charge in [0.25, 0.3) is 0 Å². The fourth-order valence-electron chi connectivity index (χ4n) is 2.54. The third kappa shape index (κ3) is 3.87. The highest BCUT2D eigenvalue weighted by Crippen LogP contribution is 2.38. The predicted molar refractivity (Wildman–Crippen MR) is 83.6 cm³/mol. The first-order valence-corrected chi connectivity index (χ1v) is 8.57. The lowest BCUT2D eigenvalue weighted by Gasteiger charge is -2.32. The van der Waals surface area contributed by atoms with Crippen molar-refractivity contribution in [3.8, 4) is 0 Å². The van der Waals surface area contributed by atoms with Gasteiger partial charge in [0.1, 0.15) is 0 Å². The van der Waals surface area contributed by atoms with Crippen LogP contribution in [0.4, 0.5) is 11.4 Å². The molecule has 0 amide bonds. The number of benzene rings is 1. The van der Waals surface area contributed by atoms with Gasteiger partial charge in [-0.25, -0.2) is 13.6 Å². The van der Waals surface area contributed by atoms with Crippen LogP contribution in [0.2, 0.25) is 0 Å². The first kappa shape index (κ1) is 16.1. The number of sulfonamides is 1. The number of methoxy groups -OCH3 is 1. The predicted octanol–water partition coefficient (Wildman–Crippen LogP) is 1.17. The van der Waals surface area contributed by atoms with Gasteiger partial charge in [0.05, 0.1) is 22.9 Å². The highest BCUT2D eigenvalue weighted by molar-refractivity contribution is 7.89. The SMILES string of the molecule is COCCN(c1ccc(S(N)(=O)=O)cc1N)C(C)C1CC1. The molecule has 4 N–H and O–H groups in total. The van der Waals surface area contributed by atoms with Crippen molar-refractivity contribution < 1.29 is 13.2 Å². The Morgan fingerprint density at radius 3 is 2.57 bits per heavy atom. The molecule has 1 aromatic carbocycles. The molecule has 0 spiro atoms. The molecular formula is C14H23N3O3S. The summed E-state index contributed by atoms with van der Waals surface area (Å²) in [6, 6.07) is 5.00. The zero-order chi connectivity index (χ0) is 15.6. The summed E-state index contributed by atoms with van der Waals surface area (Å²) in [7, 11) is -2.07. The minimum Gasteiger partial charge on any atom is -0.397 e. The van der Waals surface area contributed by atoms with Crippen LogP contribution in [0.5, 0.6) is 0 Å². The summed E-state index contributed by atoms with van der Waals surface area (Å²) in [5.41, 5.74) is 7.30. The molecular weight excluding hydrogens is 290 g/mol. The monoisotopic (exact) mass is 313 g/mol. The summed E-state index contributed by atoms with van der Waals surface area (Å²) in [4.78, 5) is 2.22. The highest BCUT2D eigenvalue weighted by atomic mass is 32.2. The standard InChI is InChI=1S/C14H23N3O3S/c1-10(11-3-4-11)17(7-8-20-2)14-6-5-12(9-13(14)15)21(16,18)19/h5-6,9-11H,3-4,7-8,15H2,1-2H3,(H2,16,18,19). The number of anilines is 2. The third-order valence-electron chi connectivity index (χ3n) is 3.97. The quantitative estimate of drug-likeness (QED) is 0.736. The van der Waals surface area contributed by atoms with Crippen LogP contribution in [0.15, 0.2) is 23.1 Å². The number of rotatable bonds is 7. The maximum absolute atomic E-state index is 11.4. The molecule has 118 valence electrons. The van der Waals surface area contributed by atoms with E-state index >= 15 is 0 Å². The molecule has 0 heterocycles. The van der Waals surface area contributed by atoms with E-state index in [-0.39, 0.29) is 4.90 Å². The van der Waals surface area contributed by atoms with E-state index in [1.807, 2.05) is 0 Å². The van der Waals surface area contributed by atoms with Gasteiger partial charge < -0.3 is 15.4 Å². The summed E-state index contributed by atoms with van der Waals surface area (Å²) in [5, 5.41) is 5.13. The number of nitrogen functional groups attached to an aromatic ring is 1. The zero-order valence-electron chi connectivity index (χ0n) is 12.5. The number of hydrogen-bond donors (Lipinski definition) is 2. The van der Waals surface area contributed by atoms with Crippen LogP contribution in [0.3, 0.4) is 0 Å². The Morgan fingerprint density at radius 2 is 2.10 bits per heavy atom. The van der Waals surface area contributed by atoms with Crippen LogP contribution < -0.4 is 15.8 Å². The van der Waals surface area contributed by atoms with Crippen LogP contribution >= 0.6 is 0 Å². The van der Waals surface area contributed by atoms with Gasteiger partial charge >= 0.3 is 0 Å². The van der Waals surface area contributed by atoms with E-state index in [1.54, 1.807) is 13.2 Å². The van der Waals surface area contributed by atoms with Crippen LogP contribution in [-0.4, -0.2) is 34.7 Å². The average molecular weight is 313 g/mol. The Morgan fingerprint density at radius 1 is 1.43 bits per heavy atom. The highest BCUT2D eigenvalue weighted by Gasteiger charge is 2.32. The van der Waals surface area contributed by atoms with Crippen molar-refractivity contribution in [2.24, 2.45) is 11.1 Å². The maximum atomic E-state index is 11.4. The summed E-state index contributed by atoms with van der Waals surface area (Å²) in [5.74, 6) is 0.666. The zero-order valence-corrected chi connectivity index (χ0v) is 13.3. The first-order valence-electron chi connectivity index (χ1n) is 7.02. The molecule has 0 radical (unpaired) electrons. The normalized spacial score (nSPS) is 16.7. The molecule has 6 nitrogen and oxygen atoms in total. The second-order valence-corrected chi connectivity index (χ2v) is 7.09. The van der Waals surface area contributed by atoms with Crippen LogP contribution in [-0.2, 0) is 14.8 Å². The van der Waals surface area contributed by atoms with Crippen molar-refractivity contribution in [2.75, 3.05) is 30.9 Å². The molecule has 0 saturated heterocycles. The minimum atomic E-state index is -3.73. The lowest BCUT2D eigenvalue weighted by Crippen LogP contribution is -2.37. The molecule has 2 rings (SSSR count). The van der Waals surface area contributed by atoms with E-state index in [0.717, 1.165) is 5.69 Å². The van der Waals surface area contributed by atoms with E-state index in [1.165, 1.54) is 25.0 Å². The van der Waals surface area contributed by atoms with Crippen molar-refractivity contribution in [3.63, 3.8) is 0 Å².